The number of nitrogens with two attached hydrogens (primary N) is 1. The lowest BCUT2D eigenvalue weighted by molar-refractivity contribution is 0.0195. The fourth-order valence-electron chi connectivity index (χ4n) is 3.15. The molecule has 3 rings (SSSR count). The maximum Gasteiger partial charge on any atom is 0.410 e. The first-order valence-electron chi connectivity index (χ1n) is 7.03. The molecule has 0 aromatic heterocycles. The van der Waals surface area contributed by atoms with Gasteiger partial charge in [0.05, 0.1) is 0 Å². The molecule has 1 unspecified atom stereocenters. The topological polar surface area (TPSA) is 55.6 Å². The molecule has 2 heterocycles. The van der Waals surface area contributed by atoms with Crippen LogP contribution < -0.4 is 5.73 Å². The predicted octanol–water partition coefficient (Wildman–Crippen LogP) is 2.37. The number of nitrogens with zero attached hydrogens (tertiary/aromatic N) is 1. The zero-order chi connectivity index (χ0) is 13.5. The van der Waals surface area contributed by atoms with Crippen LogP contribution in [0.4, 0.5) is 4.79 Å². The standard InChI is InChI=1S/C14H26N2O2/c1-9(15)5-6-11-10-7-12(11)16(8-10)13(17)18-14(2,3)4/h9-12H,5-8,15H2,1-4H3/t9-,10-,11?,12-/m0/s1. The molecule has 4 atom stereocenters. The van der Waals surface area contributed by atoms with E-state index in [4.69, 9.17) is 10.5 Å². The number of carbonyl (C=O) groups is 1. The summed E-state index contributed by atoms with van der Waals surface area (Å²) in [7, 11) is 0. The molecule has 2 N–H and O–H groups in total. The van der Waals surface area contributed by atoms with Gasteiger partial charge in [0, 0.05) is 18.6 Å². The lowest BCUT2D eigenvalue weighted by Gasteiger charge is -2.37. The van der Waals surface area contributed by atoms with Crippen LogP contribution in [0.3, 0.4) is 0 Å². The van der Waals surface area contributed by atoms with Crippen molar-refractivity contribution in [2.24, 2.45) is 17.6 Å². The van der Waals surface area contributed by atoms with Gasteiger partial charge in [0.25, 0.3) is 0 Å². The van der Waals surface area contributed by atoms with Gasteiger partial charge in [0.1, 0.15) is 5.60 Å². The molecule has 3 aliphatic rings. The number of hydrogen-bond donors (Lipinski definition) is 1. The second kappa shape index (κ2) is 4.72. The molecule has 2 aliphatic heterocycles. The Morgan fingerprint density at radius 1 is 1.50 bits per heavy atom. The maximum absolute atomic E-state index is 12.1. The van der Waals surface area contributed by atoms with Gasteiger partial charge in [0.15, 0.2) is 0 Å². The van der Waals surface area contributed by atoms with Gasteiger partial charge in [-0.3, -0.25) is 0 Å². The summed E-state index contributed by atoms with van der Waals surface area (Å²) in [6.45, 7) is 8.67. The average molecular weight is 254 g/mol. The zero-order valence-corrected chi connectivity index (χ0v) is 12.0. The molecule has 104 valence electrons. The lowest BCUT2D eigenvalue weighted by atomic mass is 9.71. The highest BCUT2D eigenvalue weighted by molar-refractivity contribution is 5.69. The molecule has 2 saturated heterocycles. The van der Waals surface area contributed by atoms with E-state index in [0.29, 0.717) is 17.9 Å². The Morgan fingerprint density at radius 3 is 2.72 bits per heavy atom. The van der Waals surface area contributed by atoms with Crippen molar-refractivity contribution in [2.75, 3.05) is 6.54 Å². The van der Waals surface area contributed by atoms with Crippen LogP contribution in [0.1, 0.15) is 47.0 Å². The van der Waals surface area contributed by atoms with Crippen LogP contribution in [0.25, 0.3) is 0 Å². The monoisotopic (exact) mass is 254 g/mol. The van der Waals surface area contributed by atoms with Gasteiger partial charge in [-0.15, -0.1) is 0 Å². The number of hydrogen-bond acceptors (Lipinski definition) is 3. The fraction of sp³-hybridized carbons (Fsp3) is 0.929. The van der Waals surface area contributed by atoms with Crippen LogP contribution in [0.5, 0.6) is 0 Å². The van der Waals surface area contributed by atoms with E-state index in [0.717, 1.165) is 25.8 Å². The summed E-state index contributed by atoms with van der Waals surface area (Å²) in [6.07, 6.45) is 3.22. The Kier molecular flexibility index (Phi) is 3.58. The predicted molar refractivity (Wildman–Crippen MR) is 71.2 cm³/mol. The van der Waals surface area contributed by atoms with E-state index >= 15 is 0 Å². The van der Waals surface area contributed by atoms with Crippen molar-refractivity contribution in [1.82, 2.24) is 4.90 Å². The van der Waals surface area contributed by atoms with Gasteiger partial charge < -0.3 is 15.4 Å². The Labute approximate surface area is 110 Å². The van der Waals surface area contributed by atoms with Crippen LogP contribution >= 0.6 is 0 Å². The summed E-state index contributed by atoms with van der Waals surface area (Å²) < 4.78 is 5.45. The van der Waals surface area contributed by atoms with E-state index in [1.54, 1.807) is 0 Å². The van der Waals surface area contributed by atoms with Crippen LogP contribution in [0.2, 0.25) is 0 Å². The lowest BCUT2D eigenvalue weighted by Crippen LogP contribution is -2.43. The van der Waals surface area contributed by atoms with Crippen molar-refractivity contribution in [2.45, 2.75) is 64.6 Å². The fourth-order valence-corrected chi connectivity index (χ4v) is 3.15. The first-order valence-corrected chi connectivity index (χ1v) is 7.03. The molecule has 18 heavy (non-hydrogen) atoms. The van der Waals surface area contributed by atoms with E-state index in [1.165, 1.54) is 0 Å². The summed E-state index contributed by atoms with van der Waals surface area (Å²) in [5.74, 6) is 1.34. The number of fused-ring (bicyclic) bond motifs is 1. The first-order chi connectivity index (χ1) is 8.28. The summed E-state index contributed by atoms with van der Waals surface area (Å²) in [6, 6.07) is 0.670. The Balaban J connectivity index is 1.86. The third-order valence-corrected chi connectivity index (χ3v) is 4.06. The largest absolute Gasteiger partial charge is 0.444 e. The smallest absolute Gasteiger partial charge is 0.410 e. The van der Waals surface area contributed by atoms with Gasteiger partial charge in [0.2, 0.25) is 0 Å². The van der Waals surface area contributed by atoms with Crippen LogP contribution in [-0.4, -0.2) is 35.2 Å². The summed E-state index contributed by atoms with van der Waals surface area (Å²) in [5.41, 5.74) is 5.41. The molecular formula is C14H26N2O2. The Bertz CT molecular complexity index is 322. The van der Waals surface area contributed by atoms with Gasteiger partial charge in [-0.2, -0.15) is 0 Å². The minimum Gasteiger partial charge on any atom is -0.444 e. The number of rotatable bonds is 3. The van der Waals surface area contributed by atoms with E-state index < -0.39 is 5.60 Å². The highest BCUT2D eigenvalue weighted by Crippen LogP contribution is 2.48. The van der Waals surface area contributed by atoms with E-state index in [9.17, 15) is 4.79 Å². The Morgan fingerprint density at radius 2 is 2.17 bits per heavy atom. The normalized spacial score (nSPS) is 32.1. The SMILES string of the molecule is C[C@H](N)CCC1[C@H]2C[C@@H]1N(C(=O)OC(C)(C)C)C2. The molecule has 1 amide bonds. The molecule has 0 aromatic rings. The van der Waals surface area contributed by atoms with Crippen molar-refractivity contribution in [3.05, 3.63) is 0 Å². The first kappa shape index (κ1) is 13.7. The zero-order valence-electron chi connectivity index (χ0n) is 12.0. The minimum absolute atomic E-state index is 0.140. The third kappa shape index (κ3) is 2.79. The number of carbonyl (C=O) groups excluding carboxylic acids is 1. The van der Waals surface area contributed by atoms with Gasteiger partial charge in [-0.25, -0.2) is 4.79 Å². The molecule has 1 saturated carbocycles. The van der Waals surface area contributed by atoms with E-state index in [2.05, 4.69) is 0 Å². The molecule has 3 fully saturated rings. The van der Waals surface area contributed by atoms with Crippen molar-refractivity contribution >= 4 is 6.09 Å². The van der Waals surface area contributed by atoms with Crippen LogP contribution in [-0.2, 0) is 4.74 Å². The van der Waals surface area contributed by atoms with Crippen molar-refractivity contribution in [3.63, 3.8) is 0 Å². The van der Waals surface area contributed by atoms with Gasteiger partial charge >= 0.3 is 6.09 Å². The van der Waals surface area contributed by atoms with Crippen LogP contribution in [0.15, 0.2) is 0 Å². The van der Waals surface area contributed by atoms with Gasteiger partial charge in [-0.1, -0.05) is 0 Å². The van der Waals surface area contributed by atoms with Gasteiger partial charge in [-0.05, 0) is 58.8 Å². The summed E-state index contributed by atoms with van der Waals surface area (Å²) in [4.78, 5) is 14.0. The second-order valence-corrected chi connectivity index (χ2v) is 6.91. The second-order valence-electron chi connectivity index (χ2n) is 6.91. The molecule has 0 radical (unpaired) electrons. The van der Waals surface area contributed by atoms with Crippen LogP contribution in [0, 0.1) is 11.8 Å². The molecule has 0 aromatic carbocycles. The number of amides is 1. The quantitative estimate of drug-likeness (QED) is 0.841. The van der Waals surface area contributed by atoms with E-state index in [-0.39, 0.29) is 12.1 Å². The van der Waals surface area contributed by atoms with E-state index in [1.807, 2.05) is 32.6 Å². The molecule has 2 bridgehead atoms. The van der Waals surface area contributed by atoms with Crippen molar-refractivity contribution < 1.29 is 9.53 Å². The third-order valence-electron chi connectivity index (χ3n) is 4.06. The molecular weight excluding hydrogens is 228 g/mol. The summed E-state index contributed by atoms with van der Waals surface area (Å²) in [5, 5.41) is 0. The maximum atomic E-state index is 12.1. The minimum atomic E-state index is -0.397. The molecule has 4 nitrogen and oxygen atoms in total. The highest BCUT2D eigenvalue weighted by atomic mass is 16.6. The highest BCUT2D eigenvalue weighted by Gasteiger charge is 2.53. The van der Waals surface area contributed by atoms with Crippen molar-refractivity contribution in [1.29, 1.82) is 0 Å². The van der Waals surface area contributed by atoms with Crippen molar-refractivity contribution in [3.8, 4) is 0 Å². The molecule has 4 heteroatoms. The number of ether oxygens (including phenoxy) is 1. The Hall–Kier alpha value is -0.770. The average Bonchev–Trinajstić information content (AvgIpc) is 2.71. The summed E-state index contributed by atoms with van der Waals surface area (Å²) >= 11 is 0. The molecule has 0 spiro atoms. The molecule has 1 aliphatic carbocycles.